The molecule has 0 unspecified atom stereocenters. The van der Waals surface area contributed by atoms with E-state index >= 15 is 0 Å². The smallest absolute Gasteiger partial charge is 0.0599 e. The molecule has 2 rings (SSSR count). The maximum absolute atomic E-state index is 3.50. The van der Waals surface area contributed by atoms with E-state index in [9.17, 15) is 0 Å². The summed E-state index contributed by atoms with van der Waals surface area (Å²) in [6.07, 6.45) is 12.8. The van der Waals surface area contributed by atoms with Gasteiger partial charge in [-0.05, 0) is 84.1 Å². The molecule has 0 saturated carbocycles. The Morgan fingerprint density at radius 1 is 0.781 bits per heavy atom. The third-order valence-corrected chi connectivity index (χ3v) is 7.82. The maximum Gasteiger partial charge on any atom is 0.0599 e. The molecule has 0 atom stereocenters. The Morgan fingerprint density at radius 2 is 1.12 bits per heavy atom. The van der Waals surface area contributed by atoms with Gasteiger partial charge in [-0.15, -0.1) is 0 Å². The summed E-state index contributed by atoms with van der Waals surface area (Å²) in [6.45, 7) is 18.6. The summed E-state index contributed by atoms with van der Waals surface area (Å²) in [5.41, 5.74) is 0. The molecule has 0 aromatic heterocycles. The second-order valence-electron chi connectivity index (χ2n) is 9.77. The number of thioether (sulfide) groups is 2. The Labute approximate surface area is 238 Å². The Kier molecular flexibility index (Phi) is 32.9. The molecule has 0 aliphatic carbocycles. The summed E-state index contributed by atoms with van der Waals surface area (Å²) in [6, 6.07) is 0. The van der Waals surface area contributed by atoms with Gasteiger partial charge in [0.25, 0.3) is 0 Å². The molecule has 2 saturated heterocycles. The van der Waals surface area contributed by atoms with E-state index in [0.717, 1.165) is 0 Å². The van der Waals surface area contributed by atoms with Crippen LogP contribution < -0.4 is 0 Å². The zero-order valence-corrected chi connectivity index (χ0v) is 28.8. The van der Waals surface area contributed by atoms with Crippen LogP contribution in [0.2, 0.25) is 19.6 Å². The second-order valence-corrected chi connectivity index (χ2v) is 17.2. The fraction of sp³-hybridized carbons (Fsp3) is 1.00. The van der Waals surface area contributed by atoms with Crippen LogP contribution in [0.1, 0.15) is 39.0 Å². The first kappa shape index (κ1) is 38.4. The number of rotatable bonds is 9. The second kappa shape index (κ2) is 27.4. The summed E-state index contributed by atoms with van der Waals surface area (Å²) in [7, 11) is 4.88. The molecule has 2 aliphatic rings. The molecule has 2 fully saturated rings. The first-order valence-electron chi connectivity index (χ1n) is 12.3. The molecule has 32 heavy (non-hydrogen) atoms. The van der Waals surface area contributed by atoms with Crippen LogP contribution in [0.5, 0.6) is 0 Å². The number of hydrogen-bond donors (Lipinski definition) is 0. The molecule has 2 heterocycles. The van der Waals surface area contributed by atoms with Crippen molar-refractivity contribution in [3.63, 3.8) is 0 Å². The van der Waals surface area contributed by atoms with Crippen molar-refractivity contribution in [3.8, 4) is 0 Å². The minimum Gasteiger partial charge on any atom is -0.668 e. The van der Waals surface area contributed by atoms with Crippen molar-refractivity contribution >= 4 is 31.6 Å². The van der Waals surface area contributed by atoms with Gasteiger partial charge in [-0.3, -0.25) is 0 Å². The minimum atomic E-state index is -0.815. The molecule has 193 valence electrons. The SMILES string of the molecule is CCN(C)C[Si](C)(C)C.CSCCN1CCCC1.CSCCN1CCCCC1.C[N-]C.[Y]. The summed E-state index contributed by atoms with van der Waals surface area (Å²) in [4.78, 5) is 7.53. The third kappa shape index (κ3) is 29.9. The normalized spacial score (nSPS) is 16.7. The first-order chi connectivity index (χ1) is 14.7. The quantitative estimate of drug-likeness (QED) is 0.324. The van der Waals surface area contributed by atoms with Crippen molar-refractivity contribution in [1.29, 1.82) is 0 Å². The van der Waals surface area contributed by atoms with Crippen LogP contribution >= 0.6 is 23.5 Å². The molecular weight excluding hydrogens is 525 g/mol. The molecule has 1 radical (unpaired) electrons. The molecule has 0 aromatic rings. The fourth-order valence-corrected chi connectivity index (χ4v) is 6.28. The number of piperidine rings is 1. The van der Waals surface area contributed by atoms with Crippen molar-refractivity contribution < 1.29 is 32.7 Å². The molecule has 0 amide bonds. The molecule has 4 nitrogen and oxygen atoms in total. The van der Waals surface area contributed by atoms with Gasteiger partial charge < -0.3 is 20.0 Å². The largest absolute Gasteiger partial charge is 0.668 e. The minimum absolute atomic E-state index is 0. The van der Waals surface area contributed by atoms with Gasteiger partial charge in [0.15, 0.2) is 0 Å². The Balaban J connectivity index is -0.000000366. The van der Waals surface area contributed by atoms with Gasteiger partial charge >= 0.3 is 0 Å². The van der Waals surface area contributed by atoms with Gasteiger partial charge in [-0.2, -0.15) is 37.6 Å². The monoisotopic (exact) mass is 582 g/mol. The average molecular weight is 583 g/mol. The van der Waals surface area contributed by atoms with Crippen molar-refractivity contribution in [3.05, 3.63) is 5.32 Å². The van der Waals surface area contributed by atoms with E-state index < -0.39 is 8.07 Å². The molecule has 2 aliphatic heterocycles. The summed E-state index contributed by atoms with van der Waals surface area (Å²) in [5, 5.41) is 3.50. The summed E-state index contributed by atoms with van der Waals surface area (Å²) >= 11 is 3.90. The van der Waals surface area contributed by atoms with Gasteiger partial charge in [0.05, 0.1) is 8.07 Å². The maximum atomic E-state index is 3.50. The Bertz CT molecular complexity index is 351. The molecule has 0 spiro atoms. The predicted octanol–water partition coefficient (Wildman–Crippen LogP) is 5.71. The average Bonchev–Trinajstić information content (AvgIpc) is 3.25. The van der Waals surface area contributed by atoms with Crippen molar-refractivity contribution in [2.75, 3.05) is 97.1 Å². The predicted molar refractivity (Wildman–Crippen MR) is 154 cm³/mol. The molecular formula is C24H57N4S2SiY-. The van der Waals surface area contributed by atoms with E-state index in [1.165, 1.54) is 95.6 Å². The van der Waals surface area contributed by atoms with Gasteiger partial charge in [-0.25, -0.2) is 0 Å². The van der Waals surface area contributed by atoms with Crippen molar-refractivity contribution in [2.45, 2.75) is 58.7 Å². The zero-order valence-electron chi connectivity index (χ0n) is 23.3. The van der Waals surface area contributed by atoms with Crippen LogP contribution in [0.25, 0.3) is 5.32 Å². The molecule has 8 heteroatoms. The van der Waals surface area contributed by atoms with Crippen LogP contribution in [-0.2, 0) is 32.7 Å². The topological polar surface area (TPSA) is 23.8 Å². The molecule has 0 bridgehead atoms. The Hall–Kier alpha value is 1.86. The zero-order chi connectivity index (χ0) is 24.0. The van der Waals surface area contributed by atoms with Crippen LogP contribution in [0.4, 0.5) is 0 Å². The van der Waals surface area contributed by atoms with Crippen molar-refractivity contribution in [1.82, 2.24) is 14.7 Å². The first-order valence-corrected chi connectivity index (χ1v) is 18.8. The fourth-order valence-electron chi connectivity index (χ4n) is 3.55. The third-order valence-electron chi connectivity index (χ3n) is 5.15. The van der Waals surface area contributed by atoms with E-state index in [-0.39, 0.29) is 32.7 Å². The molecule has 0 aromatic carbocycles. The molecule has 0 N–H and O–H groups in total. The van der Waals surface area contributed by atoms with E-state index in [2.05, 4.69) is 66.1 Å². The standard InChI is InChI=1S/C8H17NS.C7H15NS.C7H19NSi.C2H6N.Y/c1-10-8-7-9-5-3-2-4-6-9;1-9-7-6-8-4-2-3-5-8;1-6-8(2)7-9(3,4)5;1-3-2;/h2-8H2,1H3;2-7H2,1H3;6-7H2,1-5H3;1-2H3;/q;;;-1;. The van der Waals surface area contributed by atoms with Crippen LogP contribution in [0.3, 0.4) is 0 Å². The van der Waals surface area contributed by atoms with E-state index in [1.807, 2.05) is 23.5 Å². The van der Waals surface area contributed by atoms with Gasteiger partial charge in [-0.1, -0.05) is 33.0 Å². The van der Waals surface area contributed by atoms with Crippen molar-refractivity contribution in [2.24, 2.45) is 0 Å². The van der Waals surface area contributed by atoms with Crippen LogP contribution in [-0.4, -0.2) is 120 Å². The Morgan fingerprint density at radius 3 is 1.38 bits per heavy atom. The summed E-state index contributed by atoms with van der Waals surface area (Å²) in [5.74, 6) is 2.61. The number of hydrogen-bond acceptors (Lipinski definition) is 5. The van der Waals surface area contributed by atoms with Gasteiger partial charge in [0, 0.05) is 57.3 Å². The number of nitrogens with zero attached hydrogens (tertiary/aromatic N) is 4. The van der Waals surface area contributed by atoms with E-state index in [1.54, 1.807) is 14.1 Å². The van der Waals surface area contributed by atoms with Gasteiger partial charge in [0.2, 0.25) is 0 Å². The summed E-state index contributed by atoms with van der Waals surface area (Å²) < 4.78 is 0. The van der Waals surface area contributed by atoms with Crippen LogP contribution in [0, 0.1) is 0 Å². The van der Waals surface area contributed by atoms with Gasteiger partial charge in [0.1, 0.15) is 0 Å². The van der Waals surface area contributed by atoms with Crippen LogP contribution in [0.15, 0.2) is 0 Å². The number of likely N-dealkylation sites (tertiary alicyclic amines) is 2. The van der Waals surface area contributed by atoms with E-state index in [4.69, 9.17) is 0 Å². The van der Waals surface area contributed by atoms with E-state index in [0.29, 0.717) is 0 Å².